The number of nitrogens with two attached hydrogens (primary N) is 1. The first-order chi connectivity index (χ1) is 13.4. The third-order valence-electron chi connectivity index (χ3n) is 5.82. The lowest BCUT2D eigenvalue weighted by Crippen LogP contribution is -2.52. The van der Waals surface area contributed by atoms with Crippen LogP contribution in [-0.2, 0) is 14.2 Å². The highest BCUT2D eigenvalue weighted by molar-refractivity contribution is 7.58. The van der Waals surface area contributed by atoms with Gasteiger partial charge in [-0.15, -0.1) is 0 Å². The fourth-order valence-corrected chi connectivity index (χ4v) is 6.07. The topological polar surface area (TPSA) is 130 Å². The van der Waals surface area contributed by atoms with Crippen LogP contribution in [0.3, 0.4) is 0 Å². The zero-order valence-corrected chi connectivity index (χ0v) is 19.4. The Morgan fingerprint density at radius 3 is 2.21 bits per heavy atom. The molecule has 0 aromatic rings. The van der Waals surface area contributed by atoms with Crippen molar-refractivity contribution in [1.29, 1.82) is 0 Å². The number of carbonyl (C=O) groups excluding carboxylic acids is 2. The van der Waals surface area contributed by atoms with E-state index in [0.29, 0.717) is 0 Å². The fraction of sp³-hybridized carbons (Fsp3) is 0.905. The van der Waals surface area contributed by atoms with Crippen LogP contribution in [-0.4, -0.2) is 52.2 Å². The number of Topliss-reactive ketones (excluding diaryl/α,β-unsaturated/α-hetero) is 1. The van der Waals surface area contributed by atoms with E-state index in [2.05, 4.69) is 5.32 Å². The summed E-state index contributed by atoms with van der Waals surface area (Å²) >= 11 is 0. The van der Waals surface area contributed by atoms with Gasteiger partial charge >= 0.3 is 0 Å². The lowest BCUT2D eigenvalue weighted by atomic mass is 9.91. The molecule has 4 atom stereocenters. The van der Waals surface area contributed by atoms with Crippen molar-refractivity contribution in [2.24, 2.45) is 23.5 Å². The Morgan fingerprint density at radius 2 is 1.69 bits per heavy atom. The number of hydrogen-bond acceptors (Lipinski definition) is 5. The van der Waals surface area contributed by atoms with Gasteiger partial charge in [-0.05, 0) is 37.0 Å². The second-order valence-corrected chi connectivity index (χ2v) is 11.8. The average Bonchev–Trinajstić information content (AvgIpc) is 2.62. The number of aliphatic hydroxyl groups is 1. The Kier molecular flexibility index (Phi) is 11.0. The standard InChI is InChI=1S/C21H41N2O5P/c1-14(2)19(22)21(26)23-20(15(3)4)18(25)11-10-17(24)13-29(27,28)12-16-8-6-5-7-9-16/h14-17,19-20,24H,5-13,22H2,1-4H3,(H,23,26)(H,27,28)/t17-,19-,20+/m1/s1. The van der Waals surface area contributed by atoms with Gasteiger partial charge in [0.25, 0.3) is 0 Å². The molecule has 1 rings (SSSR count). The molecule has 8 heteroatoms. The van der Waals surface area contributed by atoms with Crippen LogP contribution in [0.5, 0.6) is 0 Å². The van der Waals surface area contributed by atoms with Crippen LogP contribution in [0.2, 0.25) is 0 Å². The summed E-state index contributed by atoms with van der Waals surface area (Å²) in [6.45, 7) is 7.36. The molecule has 1 aliphatic rings. The summed E-state index contributed by atoms with van der Waals surface area (Å²) in [4.78, 5) is 35.1. The van der Waals surface area contributed by atoms with Gasteiger partial charge in [-0.2, -0.15) is 0 Å². The normalized spacial score (nSPS) is 20.9. The lowest BCUT2D eigenvalue weighted by molar-refractivity contribution is -0.130. The number of hydrogen-bond donors (Lipinski definition) is 4. The second kappa shape index (κ2) is 12.2. The molecule has 170 valence electrons. The molecule has 0 aliphatic heterocycles. The molecule has 0 heterocycles. The molecule has 1 aliphatic carbocycles. The number of amides is 1. The van der Waals surface area contributed by atoms with Gasteiger partial charge in [0.05, 0.1) is 24.3 Å². The molecule has 0 radical (unpaired) electrons. The van der Waals surface area contributed by atoms with Crippen LogP contribution in [0.25, 0.3) is 0 Å². The van der Waals surface area contributed by atoms with E-state index in [-0.39, 0.29) is 54.6 Å². The molecule has 1 amide bonds. The minimum atomic E-state index is -3.41. The SMILES string of the molecule is CC(C)[C@H](NC(=O)[C@H](N)C(C)C)C(=O)CC[C@@H](O)CP(=O)(O)CC1CCCCC1. The van der Waals surface area contributed by atoms with Gasteiger partial charge in [0, 0.05) is 12.6 Å². The number of ketones is 1. The van der Waals surface area contributed by atoms with Crippen molar-refractivity contribution in [3.8, 4) is 0 Å². The lowest BCUT2D eigenvalue weighted by Gasteiger charge is -2.26. The van der Waals surface area contributed by atoms with Crippen molar-refractivity contribution < 1.29 is 24.2 Å². The molecular weight excluding hydrogens is 391 g/mol. The van der Waals surface area contributed by atoms with Crippen molar-refractivity contribution >= 4 is 19.1 Å². The van der Waals surface area contributed by atoms with E-state index in [0.717, 1.165) is 25.7 Å². The minimum Gasteiger partial charge on any atom is -0.393 e. The monoisotopic (exact) mass is 432 g/mol. The Hall–Kier alpha value is -0.750. The zero-order chi connectivity index (χ0) is 22.2. The summed E-state index contributed by atoms with van der Waals surface area (Å²) < 4.78 is 12.5. The number of aliphatic hydroxyl groups excluding tert-OH is 1. The van der Waals surface area contributed by atoms with Gasteiger partial charge in [-0.25, -0.2) is 0 Å². The van der Waals surface area contributed by atoms with E-state index < -0.39 is 25.6 Å². The van der Waals surface area contributed by atoms with E-state index in [1.165, 1.54) is 6.42 Å². The highest BCUT2D eigenvalue weighted by Gasteiger charge is 2.30. The average molecular weight is 433 g/mol. The zero-order valence-electron chi connectivity index (χ0n) is 18.5. The summed E-state index contributed by atoms with van der Waals surface area (Å²) in [5, 5.41) is 13.0. The molecule has 0 spiro atoms. The van der Waals surface area contributed by atoms with Gasteiger partial charge in [-0.3, -0.25) is 14.2 Å². The summed E-state index contributed by atoms with van der Waals surface area (Å²) in [6.07, 6.45) is 4.60. The predicted octanol–water partition coefficient (Wildman–Crippen LogP) is 2.67. The first kappa shape index (κ1) is 26.3. The van der Waals surface area contributed by atoms with Gasteiger partial charge < -0.3 is 21.1 Å². The van der Waals surface area contributed by atoms with E-state index in [4.69, 9.17) is 5.73 Å². The molecule has 7 nitrogen and oxygen atoms in total. The van der Waals surface area contributed by atoms with Gasteiger partial charge in [0.2, 0.25) is 13.3 Å². The Bertz CT molecular complexity index is 575. The molecule has 1 fully saturated rings. The fourth-order valence-electron chi connectivity index (χ4n) is 3.90. The van der Waals surface area contributed by atoms with Crippen LogP contribution in [0.1, 0.15) is 72.6 Å². The first-order valence-electron chi connectivity index (χ1n) is 11.0. The van der Waals surface area contributed by atoms with Gasteiger partial charge in [0.1, 0.15) is 0 Å². The summed E-state index contributed by atoms with van der Waals surface area (Å²) in [7, 11) is -3.41. The molecule has 29 heavy (non-hydrogen) atoms. The van der Waals surface area contributed by atoms with Crippen molar-refractivity contribution in [3.05, 3.63) is 0 Å². The molecule has 0 aromatic carbocycles. The van der Waals surface area contributed by atoms with Crippen molar-refractivity contribution in [3.63, 3.8) is 0 Å². The first-order valence-corrected chi connectivity index (χ1v) is 13.0. The number of nitrogens with one attached hydrogen (secondary N) is 1. The molecule has 0 aromatic heterocycles. The smallest absolute Gasteiger partial charge is 0.237 e. The van der Waals surface area contributed by atoms with Crippen LogP contribution < -0.4 is 11.1 Å². The van der Waals surface area contributed by atoms with Crippen molar-refractivity contribution in [1.82, 2.24) is 5.32 Å². The van der Waals surface area contributed by atoms with Crippen LogP contribution >= 0.6 is 7.37 Å². The Labute approximate surface area is 175 Å². The van der Waals surface area contributed by atoms with Crippen LogP contribution in [0.15, 0.2) is 0 Å². The van der Waals surface area contributed by atoms with E-state index in [1.807, 2.05) is 27.7 Å². The number of carbonyl (C=O) groups is 2. The molecule has 0 bridgehead atoms. The molecule has 1 saturated carbocycles. The van der Waals surface area contributed by atoms with Gasteiger partial charge in [-0.1, -0.05) is 47.0 Å². The number of rotatable bonds is 12. The molecular formula is C21H41N2O5P. The van der Waals surface area contributed by atoms with Crippen LogP contribution in [0.4, 0.5) is 0 Å². The summed E-state index contributed by atoms with van der Waals surface area (Å²) in [5.41, 5.74) is 5.85. The summed E-state index contributed by atoms with van der Waals surface area (Å²) in [5.74, 6) is -0.441. The van der Waals surface area contributed by atoms with E-state index >= 15 is 0 Å². The second-order valence-electron chi connectivity index (χ2n) is 9.37. The van der Waals surface area contributed by atoms with Crippen LogP contribution in [0, 0.1) is 17.8 Å². The maximum Gasteiger partial charge on any atom is 0.237 e. The van der Waals surface area contributed by atoms with E-state index in [9.17, 15) is 24.2 Å². The highest BCUT2D eigenvalue weighted by atomic mass is 31.2. The third kappa shape index (κ3) is 9.73. The quantitative estimate of drug-likeness (QED) is 0.351. The Balaban J connectivity index is 2.52. The predicted molar refractivity (Wildman–Crippen MR) is 116 cm³/mol. The van der Waals surface area contributed by atoms with Crippen molar-refractivity contribution in [2.75, 3.05) is 12.3 Å². The Morgan fingerprint density at radius 1 is 1.10 bits per heavy atom. The minimum absolute atomic E-state index is 0.0393. The molecule has 0 saturated heterocycles. The van der Waals surface area contributed by atoms with Crippen molar-refractivity contribution in [2.45, 2.75) is 90.8 Å². The summed E-state index contributed by atoms with van der Waals surface area (Å²) in [6, 6.07) is -1.36. The molecule has 5 N–H and O–H groups in total. The maximum atomic E-state index is 12.6. The maximum absolute atomic E-state index is 12.6. The largest absolute Gasteiger partial charge is 0.393 e. The third-order valence-corrected chi connectivity index (χ3v) is 7.90. The van der Waals surface area contributed by atoms with E-state index in [1.54, 1.807) is 0 Å². The van der Waals surface area contributed by atoms with Gasteiger partial charge in [0.15, 0.2) is 5.78 Å². The highest BCUT2D eigenvalue weighted by Crippen LogP contribution is 2.46. The molecule has 1 unspecified atom stereocenters.